The lowest BCUT2D eigenvalue weighted by Gasteiger charge is -2.13. The molecule has 5 rings (SSSR count). The van der Waals surface area contributed by atoms with Crippen LogP contribution in [0.25, 0.3) is 5.52 Å². The molecule has 1 N–H and O–H groups in total. The van der Waals surface area contributed by atoms with Crippen molar-refractivity contribution in [1.82, 2.24) is 9.72 Å². The largest absolute Gasteiger partial charge is 0.462 e. The molecule has 4 aromatic rings. The summed E-state index contributed by atoms with van der Waals surface area (Å²) >= 11 is 0. The molecule has 0 aliphatic heterocycles. The molecule has 6 heteroatoms. The molecular weight excluding hydrogens is 428 g/mol. The fraction of sp³-hybridized carbons (Fsp3) is 0.179. The number of nitrogens with zero attached hydrogens (tertiary/aromatic N) is 1. The Labute approximate surface area is 197 Å². The SMILES string of the molecule is CCOC(=O)c1cc(C(=O)c2ccccc2)n2ccc(C(=O)NC3Cc4ccccc4C3)cc12. The van der Waals surface area contributed by atoms with Crippen molar-refractivity contribution in [3.05, 3.63) is 113 Å². The number of carbonyl (C=O) groups is 3. The van der Waals surface area contributed by atoms with E-state index >= 15 is 0 Å². The molecule has 170 valence electrons. The number of ketones is 1. The van der Waals surface area contributed by atoms with Crippen molar-refractivity contribution in [3.8, 4) is 0 Å². The molecule has 0 unspecified atom stereocenters. The predicted molar refractivity (Wildman–Crippen MR) is 128 cm³/mol. The van der Waals surface area contributed by atoms with Crippen LogP contribution in [-0.2, 0) is 17.6 Å². The summed E-state index contributed by atoms with van der Waals surface area (Å²) in [6.45, 7) is 1.94. The van der Waals surface area contributed by atoms with Crippen LogP contribution in [0.2, 0.25) is 0 Å². The highest BCUT2D eigenvalue weighted by Gasteiger charge is 2.25. The van der Waals surface area contributed by atoms with Crippen LogP contribution in [0.4, 0.5) is 0 Å². The number of hydrogen-bond donors (Lipinski definition) is 1. The summed E-state index contributed by atoms with van der Waals surface area (Å²) in [5.74, 6) is -0.963. The van der Waals surface area contributed by atoms with E-state index in [2.05, 4.69) is 17.4 Å². The molecule has 0 atom stereocenters. The zero-order valence-corrected chi connectivity index (χ0v) is 18.8. The number of hydrogen-bond acceptors (Lipinski definition) is 4. The fourth-order valence-corrected chi connectivity index (χ4v) is 4.55. The van der Waals surface area contributed by atoms with Crippen molar-refractivity contribution >= 4 is 23.2 Å². The van der Waals surface area contributed by atoms with E-state index in [4.69, 9.17) is 4.74 Å². The molecule has 0 radical (unpaired) electrons. The van der Waals surface area contributed by atoms with Crippen LogP contribution in [0.1, 0.15) is 54.8 Å². The summed E-state index contributed by atoms with van der Waals surface area (Å²) in [5, 5.41) is 3.10. The van der Waals surface area contributed by atoms with E-state index < -0.39 is 5.97 Å². The van der Waals surface area contributed by atoms with Gasteiger partial charge in [-0.3, -0.25) is 9.59 Å². The van der Waals surface area contributed by atoms with E-state index in [1.807, 2.05) is 18.2 Å². The van der Waals surface area contributed by atoms with Crippen LogP contribution in [-0.4, -0.2) is 34.7 Å². The van der Waals surface area contributed by atoms with Crippen LogP contribution in [0.5, 0.6) is 0 Å². The molecule has 0 bridgehead atoms. The molecule has 0 fully saturated rings. The molecule has 0 saturated heterocycles. The second kappa shape index (κ2) is 8.98. The van der Waals surface area contributed by atoms with Crippen LogP contribution < -0.4 is 5.32 Å². The minimum Gasteiger partial charge on any atom is -0.462 e. The van der Waals surface area contributed by atoms with E-state index in [1.165, 1.54) is 17.2 Å². The van der Waals surface area contributed by atoms with Gasteiger partial charge in [0.15, 0.2) is 0 Å². The Morgan fingerprint density at radius 1 is 0.912 bits per heavy atom. The van der Waals surface area contributed by atoms with Gasteiger partial charge in [-0.05, 0) is 49.1 Å². The maximum atomic E-state index is 13.2. The molecule has 1 aliphatic carbocycles. The molecule has 2 aromatic carbocycles. The van der Waals surface area contributed by atoms with Crippen molar-refractivity contribution in [1.29, 1.82) is 0 Å². The average Bonchev–Trinajstić information content (AvgIpc) is 3.45. The molecule has 1 aliphatic rings. The lowest BCUT2D eigenvalue weighted by molar-refractivity contribution is 0.0528. The second-order valence-electron chi connectivity index (χ2n) is 8.38. The van der Waals surface area contributed by atoms with Gasteiger partial charge in [0.05, 0.1) is 23.4 Å². The Hall–Kier alpha value is -4.19. The quantitative estimate of drug-likeness (QED) is 0.351. The molecule has 6 nitrogen and oxygen atoms in total. The first-order valence-electron chi connectivity index (χ1n) is 11.3. The Balaban J connectivity index is 1.48. The highest BCUT2D eigenvalue weighted by atomic mass is 16.5. The summed E-state index contributed by atoms with van der Waals surface area (Å²) < 4.78 is 6.86. The lowest BCUT2D eigenvalue weighted by atomic mass is 10.1. The minimum atomic E-state index is -0.532. The number of amides is 1. The lowest BCUT2D eigenvalue weighted by Crippen LogP contribution is -2.35. The standard InChI is InChI=1S/C28H24N2O4/c1-2-34-28(33)23-17-25(26(31)18-8-4-3-5-9-18)30-13-12-21(16-24(23)30)27(32)29-22-14-19-10-6-7-11-20(19)15-22/h3-13,16-17,22H,2,14-15H2,1H3,(H,29,32). The van der Waals surface area contributed by atoms with Crippen LogP contribution >= 0.6 is 0 Å². The number of nitrogens with one attached hydrogen (secondary N) is 1. The number of esters is 1. The first-order valence-corrected chi connectivity index (χ1v) is 11.3. The van der Waals surface area contributed by atoms with Gasteiger partial charge in [-0.25, -0.2) is 4.79 Å². The summed E-state index contributed by atoms with van der Waals surface area (Å²) in [4.78, 5) is 38.9. The van der Waals surface area contributed by atoms with Gasteiger partial charge in [0.1, 0.15) is 0 Å². The van der Waals surface area contributed by atoms with E-state index in [0.29, 0.717) is 22.3 Å². The van der Waals surface area contributed by atoms with E-state index in [-0.39, 0.29) is 29.9 Å². The van der Waals surface area contributed by atoms with Crippen molar-refractivity contribution in [2.75, 3.05) is 6.61 Å². The third-order valence-corrected chi connectivity index (χ3v) is 6.18. The maximum absolute atomic E-state index is 13.2. The van der Waals surface area contributed by atoms with Crippen molar-refractivity contribution in [2.45, 2.75) is 25.8 Å². The van der Waals surface area contributed by atoms with Gasteiger partial charge in [0.2, 0.25) is 5.78 Å². The molecule has 1 amide bonds. The van der Waals surface area contributed by atoms with Crippen molar-refractivity contribution < 1.29 is 19.1 Å². The number of carbonyl (C=O) groups excluding carboxylic acids is 3. The maximum Gasteiger partial charge on any atom is 0.340 e. The fourth-order valence-electron chi connectivity index (χ4n) is 4.55. The zero-order chi connectivity index (χ0) is 23.7. The summed E-state index contributed by atoms with van der Waals surface area (Å²) in [7, 11) is 0. The third-order valence-electron chi connectivity index (χ3n) is 6.18. The second-order valence-corrected chi connectivity index (χ2v) is 8.38. The molecule has 0 spiro atoms. The first kappa shape index (κ1) is 21.6. The van der Waals surface area contributed by atoms with Crippen molar-refractivity contribution in [2.24, 2.45) is 0 Å². The first-order chi connectivity index (χ1) is 16.5. The number of ether oxygens (including phenoxy) is 1. The highest BCUT2D eigenvalue weighted by Crippen LogP contribution is 2.24. The van der Waals surface area contributed by atoms with Gasteiger partial charge in [-0.15, -0.1) is 0 Å². The minimum absolute atomic E-state index is 0.0210. The Morgan fingerprint density at radius 2 is 1.59 bits per heavy atom. The Morgan fingerprint density at radius 3 is 2.26 bits per heavy atom. The topological polar surface area (TPSA) is 76.9 Å². The molecule has 0 saturated carbocycles. The van der Waals surface area contributed by atoms with Gasteiger partial charge < -0.3 is 14.5 Å². The average molecular weight is 453 g/mol. The van der Waals surface area contributed by atoms with Gasteiger partial charge in [-0.2, -0.15) is 0 Å². The van der Waals surface area contributed by atoms with Gasteiger partial charge in [0, 0.05) is 23.4 Å². The van der Waals surface area contributed by atoms with Crippen molar-refractivity contribution in [3.63, 3.8) is 0 Å². The Kier molecular flexibility index (Phi) is 5.72. The predicted octanol–water partition coefficient (Wildman–Crippen LogP) is 4.24. The monoisotopic (exact) mass is 452 g/mol. The third kappa shape index (κ3) is 3.99. The van der Waals surface area contributed by atoms with E-state index in [0.717, 1.165) is 12.8 Å². The molecule has 2 heterocycles. The van der Waals surface area contributed by atoms with Crippen LogP contribution in [0, 0.1) is 0 Å². The number of benzene rings is 2. The van der Waals surface area contributed by atoms with E-state index in [9.17, 15) is 14.4 Å². The normalized spacial score (nSPS) is 13.0. The van der Waals surface area contributed by atoms with E-state index in [1.54, 1.807) is 53.9 Å². The van der Waals surface area contributed by atoms with Gasteiger partial charge in [0.25, 0.3) is 5.91 Å². The zero-order valence-electron chi connectivity index (χ0n) is 18.8. The highest BCUT2D eigenvalue weighted by molar-refractivity contribution is 6.11. The van der Waals surface area contributed by atoms with Gasteiger partial charge >= 0.3 is 5.97 Å². The molecular formula is C28H24N2O4. The smallest absolute Gasteiger partial charge is 0.340 e. The van der Waals surface area contributed by atoms with Crippen LogP contribution in [0.3, 0.4) is 0 Å². The molecule has 2 aromatic heterocycles. The van der Waals surface area contributed by atoms with Gasteiger partial charge in [-0.1, -0.05) is 54.6 Å². The number of fused-ring (bicyclic) bond motifs is 2. The number of rotatable bonds is 6. The molecule has 34 heavy (non-hydrogen) atoms. The Bertz CT molecular complexity index is 1380. The summed E-state index contributed by atoms with van der Waals surface area (Å²) in [6.07, 6.45) is 3.24. The van der Waals surface area contributed by atoms with Crippen LogP contribution in [0.15, 0.2) is 79.0 Å². The number of pyridine rings is 1. The summed E-state index contributed by atoms with van der Waals surface area (Å²) in [6, 6.07) is 21.9. The number of aromatic nitrogens is 1. The summed E-state index contributed by atoms with van der Waals surface area (Å²) in [5.41, 5.74) is 4.49.